The van der Waals surface area contributed by atoms with Gasteiger partial charge in [0.15, 0.2) is 5.57 Å². The molecule has 1 aromatic rings. The minimum atomic E-state index is -0.739. The molecule has 0 radical (unpaired) electrons. The second-order valence-corrected chi connectivity index (χ2v) is 3.67. The number of ether oxygens (including phenoxy) is 2. The quantitative estimate of drug-likeness (QED) is 0.288. The van der Waals surface area contributed by atoms with Crippen LogP contribution in [0.4, 0.5) is 0 Å². The number of rotatable bonds is 5. The molecule has 5 nitrogen and oxygen atoms in total. The molecule has 102 valence electrons. The van der Waals surface area contributed by atoms with E-state index in [0.29, 0.717) is 11.4 Å². The fourth-order valence-corrected chi connectivity index (χ4v) is 1.36. The predicted octanol–water partition coefficient (Wildman–Crippen LogP) is 1.65. The van der Waals surface area contributed by atoms with Gasteiger partial charge in [-0.15, -0.1) is 0 Å². The van der Waals surface area contributed by atoms with E-state index in [1.165, 1.54) is 0 Å². The van der Waals surface area contributed by atoms with E-state index in [1.807, 2.05) is 0 Å². The summed E-state index contributed by atoms with van der Waals surface area (Å²) in [4.78, 5) is 23.8. The highest BCUT2D eigenvalue weighted by molar-refractivity contribution is 6.15. The van der Waals surface area contributed by atoms with Crippen molar-refractivity contribution in [3.8, 4) is 5.75 Å². The van der Waals surface area contributed by atoms with E-state index in [0.717, 1.165) is 0 Å². The van der Waals surface area contributed by atoms with Gasteiger partial charge in [0.1, 0.15) is 5.75 Å². The number of allylic oxidation sites excluding steroid dienone is 1. The molecule has 0 spiro atoms. The lowest BCUT2D eigenvalue weighted by Gasteiger charge is -2.10. The molecule has 0 aliphatic carbocycles. The molecular weight excluding hydrogens is 246 g/mol. The first-order valence-electron chi connectivity index (χ1n) is 5.93. The Bertz CT molecular complexity index is 479. The first-order valence-corrected chi connectivity index (χ1v) is 5.93. The zero-order valence-corrected chi connectivity index (χ0v) is 11.2. The summed E-state index contributed by atoms with van der Waals surface area (Å²) in [6.07, 6.45) is 0. The highest BCUT2D eigenvalue weighted by atomic mass is 16.6. The van der Waals surface area contributed by atoms with E-state index in [-0.39, 0.29) is 12.2 Å². The molecule has 5 heteroatoms. The van der Waals surface area contributed by atoms with Gasteiger partial charge < -0.3 is 14.8 Å². The summed E-state index contributed by atoms with van der Waals surface area (Å²) in [6.45, 7) is 3.48. The SMILES string of the molecule is CCOC(=O)/C(C(=O)Oc1ccccc1)=C(/C)NC. The summed E-state index contributed by atoms with van der Waals surface area (Å²) in [5, 5.41) is 2.75. The first kappa shape index (κ1) is 14.8. The number of hydrogen-bond donors (Lipinski definition) is 1. The zero-order valence-electron chi connectivity index (χ0n) is 11.2. The van der Waals surface area contributed by atoms with Gasteiger partial charge in [0.05, 0.1) is 6.61 Å². The zero-order chi connectivity index (χ0) is 14.3. The third-order valence-electron chi connectivity index (χ3n) is 2.39. The van der Waals surface area contributed by atoms with Crippen LogP contribution in [-0.2, 0) is 14.3 Å². The smallest absolute Gasteiger partial charge is 0.352 e. The van der Waals surface area contributed by atoms with Crippen molar-refractivity contribution in [3.63, 3.8) is 0 Å². The third-order valence-corrected chi connectivity index (χ3v) is 2.39. The summed E-state index contributed by atoms with van der Waals surface area (Å²) in [5.41, 5.74) is 0.271. The normalized spacial score (nSPS) is 11.3. The molecule has 0 heterocycles. The number of carbonyl (C=O) groups is 2. The maximum absolute atomic E-state index is 12.0. The molecule has 1 aromatic carbocycles. The van der Waals surface area contributed by atoms with Gasteiger partial charge in [-0.3, -0.25) is 0 Å². The monoisotopic (exact) mass is 263 g/mol. The molecule has 19 heavy (non-hydrogen) atoms. The van der Waals surface area contributed by atoms with Gasteiger partial charge in [-0.25, -0.2) is 9.59 Å². The molecule has 0 atom stereocenters. The van der Waals surface area contributed by atoms with Crippen molar-refractivity contribution in [2.24, 2.45) is 0 Å². The van der Waals surface area contributed by atoms with Gasteiger partial charge in [-0.05, 0) is 26.0 Å². The Balaban J connectivity index is 2.94. The van der Waals surface area contributed by atoms with E-state index < -0.39 is 11.9 Å². The Morgan fingerprint density at radius 3 is 2.32 bits per heavy atom. The number of carbonyl (C=O) groups excluding carboxylic acids is 2. The number of nitrogens with one attached hydrogen (secondary N) is 1. The van der Waals surface area contributed by atoms with Crippen LogP contribution in [0.5, 0.6) is 5.75 Å². The van der Waals surface area contributed by atoms with Crippen molar-refractivity contribution in [1.29, 1.82) is 0 Å². The van der Waals surface area contributed by atoms with Crippen molar-refractivity contribution >= 4 is 11.9 Å². The van der Waals surface area contributed by atoms with Gasteiger partial charge in [-0.1, -0.05) is 18.2 Å². The molecule has 0 aromatic heterocycles. The number of benzene rings is 1. The highest BCUT2D eigenvalue weighted by Crippen LogP contribution is 2.13. The summed E-state index contributed by atoms with van der Waals surface area (Å²) >= 11 is 0. The van der Waals surface area contributed by atoms with Crippen molar-refractivity contribution in [3.05, 3.63) is 41.6 Å². The fraction of sp³-hybridized carbons (Fsp3) is 0.286. The Morgan fingerprint density at radius 2 is 1.79 bits per heavy atom. The summed E-state index contributed by atoms with van der Waals surface area (Å²) in [5.74, 6) is -1.06. The summed E-state index contributed by atoms with van der Waals surface area (Å²) in [7, 11) is 1.62. The minimum Gasteiger partial charge on any atom is -0.462 e. The lowest BCUT2D eigenvalue weighted by Crippen LogP contribution is -2.25. The molecule has 0 aliphatic heterocycles. The van der Waals surface area contributed by atoms with Crippen LogP contribution in [0.3, 0.4) is 0 Å². The van der Waals surface area contributed by atoms with E-state index >= 15 is 0 Å². The standard InChI is InChI=1S/C14H17NO4/c1-4-18-13(16)12(10(2)15-3)14(17)19-11-8-6-5-7-9-11/h5-9,15H,4H2,1-3H3/b12-10+. The Morgan fingerprint density at radius 1 is 1.16 bits per heavy atom. The Hall–Kier alpha value is -2.30. The number of para-hydroxylation sites is 1. The van der Waals surface area contributed by atoms with E-state index in [2.05, 4.69) is 5.32 Å². The maximum atomic E-state index is 12.0. The minimum absolute atomic E-state index is 0.131. The second-order valence-electron chi connectivity index (χ2n) is 3.67. The van der Waals surface area contributed by atoms with Crippen LogP contribution >= 0.6 is 0 Å². The van der Waals surface area contributed by atoms with Gasteiger partial charge in [0.25, 0.3) is 0 Å². The average molecular weight is 263 g/mol. The van der Waals surface area contributed by atoms with Crippen LogP contribution in [-0.4, -0.2) is 25.6 Å². The third kappa shape index (κ3) is 4.13. The lowest BCUT2D eigenvalue weighted by atomic mass is 10.2. The van der Waals surface area contributed by atoms with Crippen molar-refractivity contribution in [1.82, 2.24) is 5.32 Å². The van der Waals surface area contributed by atoms with Crippen LogP contribution in [0, 0.1) is 0 Å². The summed E-state index contributed by atoms with van der Waals surface area (Å²) < 4.78 is 9.98. The van der Waals surface area contributed by atoms with E-state index in [4.69, 9.17) is 9.47 Å². The van der Waals surface area contributed by atoms with Crippen LogP contribution < -0.4 is 10.1 Å². The van der Waals surface area contributed by atoms with Gasteiger partial charge >= 0.3 is 11.9 Å². The first-order chi connectivity index (χ1) is 9.10. The molecule has 0 saturated carbocycles. The lowest BCUT2D eigenvalue weighted by molar-refractivity contribution is -0.143. The average Bonchev–Trinajstić information content (AvgIpc) is 2.40. The number of esters is 2. The molecule has 0 unspecified atom stereocenters. The molecule has 0 bridgehead atoms. The van der Waals surface area contributed by atoms with E-state index in [9.17, 15) is 9.59 Å². The molecule has 0 saturated heterocycles. The maximum Gasteiger partial charge on any atom is 0.352 e. The molecule has 1 rings (SSSR count). The highest BCUT2D eigenvalue weighted by Gasteiger charge is 2.24. The fourth-order valence-electron chi connectivity index (χ4n) is 1.36. The van der Waals surface area contributed by atoms with Crippen LogP contribution in [0.1, 0.15) is 13.8 Å². The van der Waals surface area contributed by atoms with Crippen molar-refractivity contribution in [2.75, 3.05) is 13.7 Å². The molecule has 0 amide bonds. The van der Waals surface area contributed by atoms with Gasteiger partial charge in [0, 0.05) is 12.7 Å². The largest absolute Gasteiger partial charge is 0.462 e. The van der Waals surface area contributed by atoms with Crippen molar-refractivity contribution in [2.45, 2.75) is 13.8 Å². The Labute approximate surface area is 112 Å². The summed E-state index contributed by atoms with van der Waals surface area (Å²) in [6, 6.07) is 8.55. The van der Waals surface area contributed by atoms with Crippen molar-refractivity contribution < 1.29 is 19.1 Å². The number of hydrogen-bond acceptors (Lipinski definition) is 5. The molecule has 0 aliphatic rings. The van der Waals surface area contributed by atoms with Crippen LogP contribution in [0.15, 0.2) is 41.6 Å². The molecule has 1 N–H and O–H groups in total. The van der Waals surface area contributed by atoms with Crippen LogP contribution in [0.25, 0.3) is 0 Å². The van der Waals surface area contributed by atoms with Gasteiger partial charge in [0.2, 0.25) is 0 Å². The van der Waals surface area contributed by atoms with E-state index in [1.54, 1.807) is 51.2 Å². The van der Waals surface area contributed by atoms with Crippen LogP contribution in [0.2, 0.25) is 0 Å². The van der Waals surface area contributed by atoms with Gasteiger partial charge in [-0.2, -0.15) is 0 Å². The molecule has 0 fully saturated rings. The topological polar surface area (TPSA) is 64.6 Å². The molecular formula is C14H17NO4. The predicted molar refractivity (Wildman–Crippen MR) is 70.5 cm³/mol. The second kappa shape index (κ2) is 7.20. The Kier molecular flexibility index (Phi) is 5.60.